The Morgan fingerprint density at radius 1 is 1.44 bits per heavy atom. The van der Waals surface area contributed by atoms with Crippen molar-refractivity contribution in [1.29, 1.82) is 0 Å². The highest BCUT2D eigenvalue weighted by Gasteiger charge is 2.21. The average molecular weight is 148 g/mol. The summed E-state index contributed by atoms with van der Waals surface area (Å²) in [6, 6.07) is 0. The molecule has 0 radical (unpaired) electrons. The maximum Gasteiger partial charge on any atom is 0.286 e. The van der Waals surface area contributed by atoms with E-state index in [0.29, 0.717) is 5.11 Å². The van der Waals surface area contributed by atoms with Gasteiger partial charge in [0.05, 0.1) is 0 Å². The SMILES string of the molecule is CC[N+](N)(CC)C(N)=S. The smallest absolute Gasteiger partial charge is 0.286 e. The van der Waals surface area contributed by atoms with Crippen LogP contribution in [0.25, 0.3) is 0 Å². The minimum atomic E-state index is 0.204. The molecule has 3 nitrogen and oxygen atoms in total. The highest BCUT2D eigenvalue weighted by atomic mass is 32.1. The molecule has 0 saturated carbocycles. The Bertz CT molecular complexity index is 109. The van der Waals surface area contributed by atoms with Gasteiger partial charge in [-0.3, -0.25) is 0 Å². The Morgan fingerprint density at radius 2 is 1.78 bits per heavy atom. The van der Waals surface area contributed by atoms with Crippen LogP contribution in [-0.2, 0) is 0 Å². The molecule has 0 aliphatic carbocycles. The van der Waals surface area contributed by atoms with E-state index in [4.69, 9.17) is 23.8 Å². The molecule has 0 atom stereocenters. The topological polar surface area (TPSA) is 52.0 Å². The van der Waals surface area contributed by atoms with E-state index in [1.54, 1.807) is 0 Å². The van der Waals surface area contributed by atoms with Crippen molar-refractivity contribution in [2.45, 2.75) is 13.8 Å². The molecule has 9 heavy (non-hydrogen) atoms. The highest BCUT2D eigenvalue weighted by molar-refractivity contribution is 7.79. The van der Waals surface area contributed by atoms with Crippen molar-refractivity contribution >= 4 is 17.3 Å². The van der Waals surface area contributed by atoms with E-state index < -0.39 is 0 Å². The van der Waals surface area contributed by atoms with Crippen LogP contribution >= 0.6 is 12.2 Å². The van der Waals surface area contributed by atoms with Crippen LogP contribution < -0.4 is 11.6 Å². The second kappa shape index (κ2) is 3.10. The minimum absolute atomic E-state index is 0.204. The molecule has 0 spiro atoms. The summed E-state index contributed by atoms with van der Waals surface area (Å²) in [6.45, 7) is 5.43. The quantitative estimate of drug-likeness (QED) is 0.250. The third-order valence-electron chi connectivity index (χ3n) is 1.57. The van der Waals surface area contributed by atoms with Crippen molar-refractivity contribution < 1.29 is 4.59 Å². The lowest BCUT2D eigenvalue weighted by atomic mass is 10.5. The normalized spacial score (nSPS) is 11.4. The first-order valence-electron chi connectivity index (χ1n) is 3.02. The fraction of sp³-hybridized carbons (Fsp3) is 0.800. The van der Waals surface area contributed by atoms with Crippen LogP contribution in [0.3, 0.4) is 0 Å². The lowest BCUT2D eigenvalue weighted by Gasteiger charge is -2.26. The maximum absolute atomic E-state index is 5.71. The molecule has 0 aromatic heterocycles. The van der Waals surface area contributed by atoms with Gasteiger partial charge in [-0.05, 0) is 13.8 Å². The number of quaternary nitrogens is 1. The van der Waals surface area contributed by atoms with Crippen molar-refractivity contribution in [2.75, 3.05) is 13.1 Å². The van der Waals surface area contributed by atoms with Gasteiger partial charge < -0.3 is 5.73 Å². The van der Waals surface area contributed by atoms with Gasteiger partial charge >= 0.3 is 0 Å². The second-order valence-electron chi connectivity index (χ2n) is 2.00. The van der Waals surface area contributed by atoms with Gasteiger partial charge in [-0.2, -0.15) is 10.4 Å². The number of thiocarbonyl (C=S) groups is 1. The summed E-state index contributed by atoms with van der Waals surface area (Å²) in [7, 11) is 0. The minimum Gasteiger partial charge on any atom is -0.343 e. The van der Waals surface area contributed by atoms with Gasteiger partial charge in [-0.25, -0.2) is 0 Å². The molecule has 0 aliphatic rings. The molecule has 0 aromatic rings. The first-order valence-corrected chi connectivity index (χ1v) is 3.43. The molecule has 4 N–H and O–H groups in total. The van der Waals surface area contributed by atoms with E-state index in [1.807, 2.05) is 13.8 Å². The van der Waals surface area contributed by atoms with Gasteiger partial charge in [0.1, 0.15) is 13.1 Å². The van der Waals surface area contributed by atoms with Crippen LogP contribution in [0.2, 0.25) is 0 Å². The van der Waals surface area contributed by atoms with Crippen LogP contribution in [0.5, 0.6) is 0 Å². The Labute approximate surface area is 61.2 Å². The predicted molar refractivity (Wildman–Crippen MR) is 42.3 cm³/mol. The molecular formula is C5H14N3S+. The third-order valence-corrected chi connectivity index (χ3v) is 1.93. The summed E-state index contributed by atoms with van der Waals surface area (Å²) in [6.07, 6.45) is 0. The van der Waals surface area contributed by atoms with Gasteiger partial charge in [0.2, 0.25) is 0 Å². The van der Waals surface area contributed by atoms with Crippen molar-refractivity contribution in [1.82, 2.24) is 0 Å². The molecule has 0 bridgehead atoms. The summed E-state index contributed by atoms with van der Waals surface area (Å²) >= 11 is 4.75. The summed E-state index contributed by atoms with van der Waals surface area (Å²) < 4.78 is 0.204. The number of hydrogen-bond donors (Lipinski definition) is 2. The summed E-state index contributed by atoms with van der Waals surface area (Å²) in [5.74, 6) is 5.71. The number of nitrogens with two attached hydrogens (primary N) is 2. The van der Waals surface area contributed by atoms with E-state index >= 15 is 0 Å². The molecule has 0 rings (SSSR count). The monoisotopic (exact) mass is 148 g/mol. The van der Waals surface area contributed by atoms with Gasteiger partial charge in [0.25, 0.3) is 5.11 Å². The third kappa shape index (κ3) is 1.89. The lowest BCUT2D eigenvalue weighted by Crippen LogP contribution is -2.60. The van der Waals surface area contributed by atoms with Crippen molar-refractivity contribution in [3.63, 3.8) is 0 Å². The van der Waals surface area contributed by atoms with Crippen molar-refractivity contribution in [2.24, 2.45) is 11.6 Å². The molecule has 54 valence electrons. The van der Waals surface area contributed by atoms with Crippen molar-refractivity contribution in [3.05, 3.63) is 0 Å². The van der Waals surface area contributed by atoms with E-state index in [0.717, 1.165) is 13.1 Å². The standard InChI is InChI=1S/C5H13N3S/c1-3-8(7,4-2)5(6)9/h3-4,7H2,1-2H3,(H-,6,9)/p+1. The highest BCUT2D eigenvalue weighted by Crippen LogP contribution is 1.94. The van der Waals surface area contributed by atoms with Gasteiger partial charge in [-0.1, -0.05) is 0 Å². The summed E-state index contributed by atoms with van der Waals surface area (Å²) in [5.41, 5.74) is 5.37. The Kier molecular flexibility index (Phi) is 3.03. The van der Waals surface area contributed by atoms with E-state index in [9.17, 15) is 0 Å². The lowest BCUT2D eigenvalue weighted by molar-refractivity contribution is -0.848. The van der Waals surface area contributed by atoms with Gasteiger partial charge in [0.15, 0.2) is 0 Å². The van der Waals surface area contributed by atoms with Gasteiger partial charge in [0, 0.05) is 12.2 Å². The van der Waals surface area contributed by atoms with E-state index in [2.05, 4.69) is 0 Å². The largest absolute Gasteiger partial charge is 0.343 e. The Hall–Kier alpha value is -0.190. The molecular weight excluding hydrogens is 134 g/mol. The fourth-order valence-corrected chi connectivity index (χ4v) is 0.793. The zero-order valence-corrected chi connectivity index (χ0v) is 6.74. The van der Waals surface area contributed by atoms with Crippen LogP contribution in [0.1, 0.15) is 13.8 Å². The molecule has 0 aliphatic heterocycles. The Morgan fingerprint density at radius 3 is 1.78 bits per heavy atom. The number of hydrogen-bond acceptors (Lipinski definition) is 2. The van der Waals surface area contributed by atoms with E-state index in [-0.39, 0.29) is 4.59 Å². The van der Waals surface area contributed by atoms with E-state index in [1.165, 1.54) is 0 Å². The van der Waals surface area contributed by atoms with Crippen molar-refractivity contribution in [3.8, 4) is 0 Å². The first kappa shape index (κ1) is 8.81. The first-order chi connectivity index (χ1) is 4.06. The molecule has 0 heterocycles. The molecule has 0 aromatic carbocycles. The molecule has 4 heteroatoms. The second-order valence-corrected chi connectivity index (χ2v) is 2.42. The van der Waals surface area contributed by atoms with Crippen LogP contribution in [0, 0.1) is 0 Å². The molecule has 0 amide bonds. The zero-order chi connectivity index (χ0) is 7.49. The molecule has 0 fully saturated rings. The number of nitrogens with zero attached hydrogens (tertiary/aromatic N) is 1. The molecule has 0 unspecified atom stereocenters. The number of rotatable bonds is 2. The zero-order valence-electron chi connectivity index (χ0n) is 5.92. The van der Waals surface area contributed by atoms with Crippen LogP contribution in [0.4, 0.5) is 0 Å². The molecule has 0 saturated heterocycles. The van der Waals surface area contributed by atoms with Crippen LogP contribution in [0.15, 0.2) is 0 Å². The van der Waals surface area contributed by atoms with Crippen LogP contribution in [-0.4, -0.2) is 22.8 Å². The Balaban J connectivity index is 4.09. The maximum atomic E-state index is 5.71. The average Bonchev–Trinajstić information content (AvgIpc) is 1.86. The van der Waals surface area contributed by atoms with Gasteiger partial charge in [-0.15, -0.1) is 0 Å². The summed E-state index contributed by atoms with van der Waals surface area (Å²) in [5, 5.41) is 0.361. The summed E-state index contributed by atoms with van der Waals surface area (Å²) in [4.78, 5) is 0. The predicted octanol–water partition coefficient (Wildman–Crippen LogP) is -0.0397. The fourth-order valence-electron chi connectivity index (χ4n) is 0.535.